The van der Waals surface area contributed by atoms with Crippen molar-refractivity contribution in [3.05, 3.63) is 72.9 Å². The SMILES string of the molecule is CCCCC/C=C\C/C=C\C/C=C\CCCCCCCCC(=O)OC1C(OCC(COC(=O)CCCCCCCCCCC/C=C\C/C=C\CCCCC)OC(=O)CCCCCCCCCCC/C=C\CCCCCCCC)OC(C(=O)O)C(O)C1O. The van der Waals surface area contributed by atoms with Gasteiger partial charge >= 0.3 is 23.9 Å². The van der Waals surface area contributed by atoms with Crippen molar-refractivity contribution in [1.29, 1.82) is 0 Å². The Bertz CT molecular complexity index is 1790. The molecule has 1 rings (SSSR count). The maximum absolute atomic E-state index is 13.3. The number of rotatable bonds is 62. The summed E-state index contributed by atoms with van der Waals surface area (Å²) >= 11 is 0. The Hall–Kier alpha value is -3.84. The largest absolute Gasteiger partial charge is 0.479 e. The molecule has 502 valence electrons. The van der Waals surface area contributed by atoms with Crippen molar-refractivity contribution in [3.8, 4) is 0 Å². The Morgan fingerprint density at radius 3 is 1.08 bits per heavy atom. The van der Waals surface area contributed by atoms with E-state index in [1.54, 1.807) is 0 Å². The third-order valence-corrected chi connectivity index (χ3v) is 16.2. The number of carboxylic acids is 1. The Labute approximate surface area is 531 Å². The molecule has 0 spiro atoms. The van der Waals surface area contributed by atoms with Gasteiger partial charge in [-0.25, -0.2) is 4.79 Å². The standard InChI is InChI=1S/C75H130O12/c1-4-7-10-13-16-19-22-25-28-31-34-37-40-43-46-49-52-55-58-61-67(76)83-64-66(85-68(77)62-59-56-53-50-47-44-41-38-35-32-29-26-23-20-17-14-11-8-5-2)65-84-75-73(71(80)70(79)72(87-75)74(81)82)86-69(78)63-60-57-54-51-48-45-42-39-36-33-30-27-24-21-18-15-12-9-6-3/h16,18-19,21,25-30,36,39,66,70-73,75,79-80H,4-15,17,20,22-24,31-35,37-38,40-65H2,1-3H3,(H,81,82)/b19-16-,21-18-,28-25-,29-26-,30-27-,39-36-. The number of carbonyl (C=O) groups excluding carboxylic acids is 3. The summed E-state index contributed by atoms with van der Waals surface area (Å²) in [6.45, 7) is 5.99. The van der Waals surface area contributed by atoms with Gasteiger partial charge in [0.1, 0.15) is 18.8 Å². The fourth-order valence-electron chi connectivity index (χ4n) is 10.7. The molecule has 12 nitrogen and oxygen atoms in total. The number of aliphatic hydroxyl groups is 2. The van der Waals surface area contributed by atoms with Crippen molar-refractivity contribution in [2.75, 3.05) is 13.2 Å². The van der Waals surface area contributed by atoms with Crippen LogP contribution in [0.5, 0.6) is 0 Å². The summed E-state index contributed by atoms with van der Waals surface area (Å²) < 4.78 is 28.6. The van der Waals surface area contributed by atoms with Crippen LogP contribution in [0.3, 0.4) is 0 Å². The highest BCUT2D eigenvalue weighted by Gasteiger charge is 2.50. The quantitative estimate of drug-likeness (QED) is 0.0228. The molecule has 1 aliphatic heterocycles. The van der Waals surface area contributed by atoms with Crippen LogP contribution >= 0.6 is 0 Å². The third-order valence-electron chi connectivity index (χ3n) is 16.2. The molecule has 0 aromatic rings. The predicted octanol–water partition coefficient (Wildman–Crippen LogP) is 20.0. The predicted molar refractivity (Wildman–Crippen MR) is 358 cm³/mol. The molecular weight excluding hydrogens is 1090 g/mol. The second kappa shape index (κ2) is 62.4. The van der Waals surface area contributed by atoms with Crippen LogP contribution in [0.25, 0.3) is 0 Å². The summed E-state index contributed by atoms with van der Waals surface area (Å²) in [5.41, 5.74) is 0. The second-order valence-corrected chi connectivity index (χ2v) is 24.5. The molecule has 6 unspecified atom stereocenters. The van der Waals surface area contributed by atoms with Gasteiger partial charge in [-0.1, -0.05) is 267 Å². The minimum Gasteiger partial charge on any atom is -0.479 e. The first kappa shape index (κ1) is 81.2. The zero-order valence-corrected chi connectivity index (χ0v) is 55.8. The topological polar surface area (TPSA) is 175 Å². The van der Waals surface area contributed by atoms with Gasteiger partial charge in [0, 0.05) is 19.3 Å². The molecule has 1 aliphatic rings. The fraction of sp³-hybridized carbons (Fsp3) is 0.787. The molecule has 0 amide bonds. The minimum absolute atomic E-state index is 0.0449. The zero-order valence-electron chi connectivity index (χ0n) is 55.8. The summed E-state index contributed by atoms with van der Waals surface area (Å²) in [6.07, 6.45) is 68.4. The first-order chi connectivity index (χ1) is 42.6. The summed E-state index contributed by atoms with van der Waals surface area (Å²) in [5, 5.41) is 31.7. The molecule has 6 atom stereocenters. The number of allylic oxidation sites excluding steroid dienone is 12. The summed E-state index contributed by atoms with van der Waals surface area (Å²) in [6, 6.07) is 0. The summed E-state index contributed by atoms with van der Waals surface area (Å²) in [5.74, 6) is -3.12. The highest BCUT2D eigenvalue weighted by Crippen LogP contribution is 2.27. The Morgan fingerprint density at radius 2 is 0.690 bits per heavy atom. The molecule has 0 saturated carbocycles. The number of carboxylic acid groups (broad SMARTS) is 1. The van der Waals surface area contributed by atoms with E-state index in [4.69, 9.17) is 23.7 Å². The maximum atomic E-state index is 13.3. The van der Waals surface area contributed by atoms with Gasteiger partial charge in [-0.15, -0.1) is 0 Å². The van der Waals surface area contributed by atoms with E-state index in [1.165, 1.54) is 167 Å². The van der Waals surface area contributed by atoms with Crippen molar-refractivity contribution in [2.24, 2.45) is 0 Å². The lowest BCUT2D eigenvalue weighted by Crippen LogP contribution is -2.61. The van der Waals surface area contributed by atoms with E-state index in [2.05, 4.69) is 93.7 Å². The smallest absolute Gasteiger partial charge is 0.335 e. The average Bonchev–Trinajstić information content (AvgIpc) is 2.60. The van der Waals surface area contributed by atoms with Crippen molar-refractivity contribution >= 4 is 23.9 Å². The van der Waals surface area contributed by atoms with Gasteiger partial charge < -0.3 is 39.0 Å². The third kappa shape index (κ3) is 51.6. The summed E-state index contributed by atoms with van der Waals surface area (Å²) in [4.78, 5) is 51.5. The number of hydrogen-bond donors (Lipinski definition) is 3. The van der Waals surface area contributed by atoms with Gasteiger partial charge in [0.15, 0.2) is 24.6 Å². The van der Waals surface area contributed by atoms with Gasteiger partial charge in [-0.3, -0.25) is 14.4 Å². The van der Waals surface area contributed by atoms with Gasteiger partial charge in [-0.05, 0) is 116 Å². The van der Waals surface area contributed by atoms with Crippen LogP contribution in [-0.4, -0.2) is 89.2 Å². The van der Waals surface area contributed by atoms with Crippen molar-refractivity contribution in [3.63, 3.8) is 0 Å². The number of hydrogen-bond acceptors (Lipinski definition) is 11. The van der Waals surface area contributed by atoms with Crippen LogP contribution in [0.1, 0.15) is 329 Å². The molecule has 0 aromatic heterocycles. The van der Waals surface area contributed by atoms with E-state index in [1.807, 2.05) is 0 Å². The second-order valence-electron chi connectivity index (χ2n) is 24.5. The van der Waals surface area contributed by atoms with Gasteiger partial charge in [0.25, 0.3) is 0 Å². The molecule has 0 aromatic carbocycles. The molecule has 1 fully saturated rings. The van der Waals surface area contributed by atoms with E-state index < -0.39 is 67.3 Å². The van der Waals surface area contributed by atoms with Crippen LogP contribution in [0.2, 0.25) is 0 Å². The first-order valence-electron chi connectivity index (χ1n) is 35.9. The van der Waals surface area contributed by atoms with Crippen molar-refractivity contribution in [2.45, 2.75) is 366 Å². The number of unbranched alkanes of at least 4 members (excludes halogenated alkanes) is 36. The molecule has 0 aliphatic carbocycles. The molecule has 0 radical (unpaired) electrons. The van der Waals surface area contributed by atoms with Crippen LogP contribution in [0.4, 0.5) is 0 Å². The van der Waals surface area contributed by atoms with E-state index in [0.29, 0.717) is 19.3 Å². The molecule has 3 N–H and O–H groups in total. The maximum Gasteiger partial charge on any atom is 0.335 e. The molecule has 0 bridgehead atoms. The zero-order chi connectivity index (χ0) is 63.1. The average molecular weight is 1220 g/mol. The Morgan fingerprint density at radius 1 is 0.379 bits per heavy atom. The molecule has 87 heavy (non-hydrogen) atoms. The van der Waals surface area contributed by atoms with Crippen LogP contribution < -0.4 is 0 Å². The van der Waals surface area contributed by atoms with Crippen molar-refractivity contribution in [1.82, 2.24) is 0 Å². The molecule has 1 saturated heterocycles. The lowest BCUT2D eigenvalue weighted by atomic mass is 9.98. The number of esters is 3. The van der Waals surface area contributed by atoms with Crippen LogP contribution in [0, 0.1) is 0 Å². The van der Waals surface area contributed by atoms with E-state index >= 15 is 0 Å². The molecular formula is C75H130O12. The van der Waals surface area contributed by atoms with Crippen LogP contribution in [-0.2, 0) is 42.9 Å². The minimum atomic E-state index is -1.91. The van der Waals surface area contributed by atoms with Crippen molar-refractivity contribution < 1.29 is 58.2 Å². The highest BCUT2D eigenvalue weighted by atomic mass is 16.7. The van der Waals surface area contributed by atoms with Gasteiger partial charge in [0.05, 0.1) is 6.61 Å². The van der Waals surface area contributed by atoms with E-state index in [-0.39, 0.29) is 25.9 Å². The number of carbonyl (C=O) groups is 4. The lowest BCUT2D eigenvalue weighted by molar-refractivity contribution is -0.301. The van der Waals surface area contributed by atoms with E-state index in [0.717, 1.165) is 103 Å². The number of aliphatic carboxylic acids is 1. The summed E-state index contributed by atoms with van der Waals surface area (Å²) in [7, 11) is 0. The first-order valence-corrected chi connectivity index (χ1v) is 35.9. The van der Waals surface area contributed by atoms with Gasteiger partial charge in [0.2, 0.25) is 0 Å². The molecule has 12 heteroatoms. The highest BCUT2D eigenvalue weighted by molar-refractivity contribution is 5.74. The number of aliphatic hydroxyl groups excluding tert-OH is 2. The normalized spacial score (nSPS) is 17.7. The Kier molecular flexibility index (Phi) is 58.2. The Balaban J connectivity index is 2.64. The number of ether oxygens (including phenoxy) is 5. The van der Waals surface area contributed by atoms with E-state index in [9.17, 15) is 34.5 Å². The fourth-order valence-corrected chi connectivity index (χ4v) is 10.7. The van der Waals surface area contributed by atoms with Gasteiger partial charge in [-0.2, -0.15) is 0 Å². The monoisotopic (exact) mass is 1220 g/mol. The van der Waals surface area contributed by atoms with Crippen LogP contribution in [0.15, 0.2) is 72.9 Å². The molecule has 1 heterocycles. The lowest BCUT2D eigenvalue weighted by Gasteiger charge is -2.40.